The van der Waals surface area contributed by atoms with Crippen LogP contribution in [0.15, 0.2) is 34.9 Å². The molecule has 19 nitrogen and oxygen atoms in total. The van der Waals surface area contributed by atoms with Crippen molar-refractivity contribution in [2.24, 2.45) is 17.9 Å². The van der Waals surface area contributed by atoms with Crippen LogP contribution in [0.2, 0.25) is 0 Å². The quantitative estimate of drug-likeness (QED) is 0.0591. The second-order valence-electron chi connectivity index (χ2n) is 12.4. The molecule has 0 spiro atoms. The number of fused-ring (bicyclic) bond motifs is 1. The van der Waals surface area contributed by atoms with Crippen molar-refractivity contribution in [2.45, 2.75) is 69.9 Å². The molecule has 0 radical (unpaired) electrons. The first-order valence-electron chi connectivity index (χ1n) is 15.2. The average Bonchev–Trinajstić information content (AvgIpc) is 3.61. The SMILES string of the molecule is Cn1c(-c2ccc3c(c2)CC[C@@H]([C@@](C)(O/N=C(\C(=O)N[C@@H]2C(=O)N(OS(=O)(=O)O)C2(C)C)c2csc(N)n2)C(=O)O)O3)cn(CCCN)c1=N. The molecule has 3 atom stereocenters. The van der Waals surface area contributed by atoms with Gasteiger partial charge in [-0.3, -0.25) is 19.6 Å². The number of aromatic nitrogens is 3. The number of oxime groups is 1. The van der Waals surface area contributed by atoms with Crippen molar-refractivity contribution in [1.82, 2.24) is 24.5 Å². The van der Waals surface area contributed by atoms with Crippen LogP contribution in [0.4, 0.5) is 5.13 Å². The first-order chi connectivity index (χ1) is 23.4. The lowest BCUT2D eigenvalue weighted by atomic mass is 9.84. The number of β-lactam (4-membered cyclic amide) rings is 1. The van der Waals surface area contributed by atoms with E-state index in [9.17, 15) is 27.9 Å². The molecule has 8 N–H and O–H groups in total. The molecule has 3 aromatic rings. The largest absolute Gasteiger partial charge is 0.485 e. The monoisotopic (exact) mass is 735 g/mol. The summed E-state index contributed by atoms with van der Waals surface area (Å²) in [6.45, 7) is 5.09. The molecule has 5 rings (SSSR count). The summed E-state index contributed by atoms with van der Waals surface area (Å²) in [6, 6.07) is 4.10. The van der Waals surface area contributed by atoms with Gasteiger partial charge in [0, 0.05) is 30.7 Å². The van der Waals surface area contributed by atoms with Gasteiger partial charge < -0.3 is 40.6 Å². The number of nitrogen functional groups attached to an aromatic ring is 1. The van der Waals surface area contributed by atoms with E-state index in [0.717, 1.165) is 34.6 Å². The van der Waals surface area contributed by atoms with Crippen LogP contribution in [0, 0.1) is 5.41 Å². The summed E-state index contributed by atoms with van der Waals surface area (Å²) in [5.74, 6) is -3.03. The third kappa shape index (κ3) is 6.94. The molecule has 0 unspecified atom stereocenters. The Bertz CT molecular complexity index is 2040. The van der Waals surface area contributed by atoms with Crippen LogP contribution >= 0.6 is 11.3 Å². The number of anilines is 1. The van der Waals surface area contributed by atoms with E-state index in [1.807, 2.05) is 16.8 Å². The molecule has 2 aliphatic rings. The molecule has 0 aliphatic carbocycles. The minimum Gasteiger partial charge on any atom is -0.485 e. The summed E-state index contributed by atoms with van der Waals surface area (Å²) in [5.41, 5.74) is 10.0. The summed E-state index contributed by atoms with van der Waals surface area (Å²) >= 11 is 0.963. The Morgan fingerprint density at radius 2 is 2.06 bits per heavy atom. The Hall–Kier alpha value is -4.83. The highest BCUT2D eigenvalue weighted by atomic mass is 32.3. The molecular weight excluding hydrogens is 699 g/mol. The number of amides is 2. The molecular formula is C29H37N9O10S2. The van der Waals surface area contributed by atoms with E-state index >= 15 is 0 Å². The van der Waals surface area contributed by atoms with Gasteiger partial charge in [-0.25, -0.2) is 9.78 Å². The summed E-state index contributed by atoms with van der Waals surface area (Å²) in [6.07, 6.45) is 2.14. The van der Waals surface area contributed by atoms with Gasteiger partial charge in [0.15, 0.2) is 16.9 Å². The smallest absolute Gasteiger partial charge is 0.418 e. The van der Waals surface area contributed by atoms with Gasteiger partial charge in [-0.2, -0.15) is 13.5 Å². The normalized spacial score (nSPS) is 19.9. The van der Waals surface area contributed by atoms with E-state index in [4.69, 9.17) is 31.0 Å². The Morgan fingerprint density at radius 1 is 1.34 bits per heavy atom. The summed E-state index contributed by atoms with van der Waals surface area (Å²) in [4.78, 5) is 48.4. The Morgan fingerprint density at radius 3 is 2.66 bits per heavy atom. The first kappa shape index (κ1) is 36.5. The van der Waals surface area contributed by atoms with Crippen molar-refractivity contribution < 1.29 is 46.3 Å². The maximum Gasteiger partial charge on any atom is 0.418 e. The maximum atomic E-state index is 13.5. The van der Waals surface area contributed by atoms with Crippen molar-refractivity contribution in [2.75, 3.05) is 12.3 Å². The number of hydroxylamine groups is 2. The topological polar surface area (TPSA) is 280 Å². The fourth-order valence-corrected chi connectivity index (χ4v) is 6.64. The average molecular weight is 736 g/mol. The number of rotatable bonds is 13. The fraction of sp³-hybridized carbons (Fsp3) is 0.448. The van der Waals surface area contributed by atoms with Crippen molar-refractivity contribution in [1.29, 1.82) is 5.41 Å². The highest BCUT2D eigenvalue weighted by Gasteiger charge is 2.58. The van der Waals surface area contributed by atoms with Gasteiger partial charge >= 0.3 is 16.4 Å². The molecule has 4 heterocycles. The molecule has 1 saturated heterocycles. The van der Waals surface area contributed by atoms with E-state index < -0.39 is 57.2 Å². The zero-order valence-electron chi connectivity index (χ0n) is 27.4. The molecule has 50 heavy (non-hydrogen) atoms. The van der Waals surface area contributed by atoms with Crippen LogP contribution in [-0.4, -0.2) is 90.6 Å². The highest BCUT2D eigenvalue weighted by Crippen LogP contribution is 2.37. The highest BCUT2D eigenvalue weighted by molar-refractivity contribution is 7.80. The van der Waals surface area contributed by atoms with Crippen LogP contribution in [-0.2, 0) is 53.9 Å². The van der Waals surface area contributed by atoms with E-state index in [0.29, 0.717) is 35.9 Å². The number of carbonyl (C=O) groups excluding carboxylic acids is 2. The standard InChI is InChI=1S/C29H37N9O10S2/c1-28(2)22(24(40)38(28)48-50(43,44)45)34-23(39)21(17-14-49-26(31)33-17)35-47-29(3,25(41)42)20-9-7-16-12-15(6-8-19(16)46-20)18-13-37(11-5-10-30)27(32)36(18)4/h6,8,12-14,20,22,32H,5,7,9-11,30H2,1-4H3,(H2,31,33)(H,34,39)(H,41,42)(H,43,44,45)/b32-27?,35-21-/t20-,22+,29+/m0/s1. The number of benzene rings is 1. The van der Waals surface area contributed by atoms with Crippen LogP contribution < -0.4 is 27.1 Å². The molecule has 2 aliphatic heterocycles. The van der Waals surface area contributed by atoms with Crippen molar-refractivity contribution >= 4 is 50.4 Å². The van der Waals surface area contributed by atoms with Crippen molar-refractivity contribution in [3.8, 4) is 17.0 Å². The molecule has 2 amide bonds. The third-order valence-corrected chi connectivity index (χ3v) is 9.61. The molecule has 0 bridgehead atoms. The van der Waals surface area contributed by atoms with E-state index in [2.05, 4.69) is 19.7 Å². The number of hydrogen-bond donors (Lipinski definition) is 6. The Balaban J connectivity index is 1.37. The summed E-state index contributed by atoms with van der Waals surface area (Å²) < 4.78 is 45.4. The van der Waals surface area contributed by atoms with E-state index in [1.165, 1.54) is 26.2 Å². The minimum atomic E-state index is -5.03. The fourth-order valence-electron chi connectivity index (χ4n) is 5.63. The van der Waals surface area contributed by atoms with Crippen LogP contribution in [0.25, 0.3) is 11.3 Å². The first-order valence-corrected chi connectivity index (χ1v) is 17.5. The number of hydrogen-bond acceptors (Lipinski definition) is 14. The number of nitrogens with one attached hydrogen (secondary N) is 2. The van der Waals surface area contributed by atoms with Gasteiger partial charge in [0.1, 0.15) is 17.5 Å². The number of carbonyl (C=O) groups is 3. The van der Waals surface area contributed by atoms with Gasteiger partial charge in [0.25, 0.3) is 17.4 Å². The third-order valence-electron chi connectivity index (χ3n) is 8.60. The number of carboxylic acids is 1. The minimum absolute atomic E-state index is 0.0560. The summed E-state index contributed by atoms with van der Waals surface area (Å²) in [7, 11) is -3.24. The van der Waals surface area contributed by atoms with E-state index in [1.54, 1.807) is 23.7 Å². The molecule has 1 fully saturated rings. The van der Waals surface area contributed by atoms with Gasteiger partial charge in [0.05, 0.1) is 11.2 Å². The Labute approximate surface area is 289 Å². The summed E-state index contributed by atoms with van der Waals surface area (Å²) in [5, 5.41) is 26.9. The molecule has 21 heteroatoms. The van der Waals surface area contributed by atoms with Crippen molar-refractivity contribution in [3.05, 3.63) is 46.7 Å². The van der Waals surface area contributed by atoms with Gasteiger partial charge in [-0.15, -0.1) is 15.6 Å². The number of ether oxygens (including phenoxy) is 1. The number of nitrogens with two attached hydrogens (primary N) is 2. The molecule has 270 valence electrons. The lowest BCUT2D eigenvalue weighted by molar-refractivity contribution is -0.218. The lowest BCUT2D eigenvalue weighted by Crippen LogP contribution is -2.76. The van der Waals surface area contributed by atoms with Gasteiger partial charge in [-0.05, 0) is 70.3 Å². The number of nitrogens with zero attached hydrogens (tertiary/aromatic N) is 5. The number of aliphatic carboxylic acids is 1. The zero-order valence-corrected chi connectivity index (χ0v) is 29.1. The lowest BCUT2D eigenvalue weighted by Gasteiger charge is -2.50. The number of imidazole rings is 1. The second kappa shape index (κ2) is 13.5. The van der Waals surface area contributed by atoms with Gasteiger partial charge in [-0.1, -0.05) is 5.16 Å². The van der Waals surface area contributed by atoms with Crippen LogP contribution in [0.3, 0.4) is 0 Å². The Kier molecular flexibility index (Phi) is 9.82. The van der Waals surface area contributed by atoms with E-state index in [-0.39, 0.29) is 17.2 Å². The number of thiazole rings is 1. The second-order valence-corrected chi connectivity index (χ2v) is 14.3. The number of aryl methyl sites for hydroxylation is 2. The van der Waals surface area contributed by atoms with Gasteiger partial charge in [0.2, 0.25) is 5.62 Å². The molecule has 1 aromatic carbocycles. The predicted molar refractivity (Wildman–Crippen MR) is 177 cm³/mol. The maximum absolute atomic E-state index is 13.5. The van der Waals surface area contributed by atoms with Crippen LogP contribution in [0.5, 0.6) is 5.75 Å². The van der Waals surface area contributed by atoms with Crippen LogP contribution in [0.1, 0.15) is 44.9 Å². The zero-order chi connectivity index (χ0) is 36.8. The van der Waals surface area contributed by atoms with Crippen molar-refractivity contribution in [3.63, 3.8) is 0 Å². The number of carboxylic acid groups (broad SMARTS) is 1. The molecule has 2 aromatic heterocycles. The molecule has 0 saturated carbocycles. The predicted octanol–water partition coefficient (Wildman–Crippen LogP) is 0.158.